The molecule has 0 unspecified atom stereocenters. The predicted octanol–water partition coefficient (Wildman–Crippen LogP) is 3.86. The monoisotopic (exact) mass is 283 g/mol. The Kier molecular flexibility index (Phi) is 6.92. The van der Waals surface area contributed by atoms with Crippen LogP contribution in [0.1, 0.15) is 45.4 Å². The summed E-state index contributed by atoms with van der Waals surface area (Å²) in [6.07, 6.45) is 8.68. The van der Waals surface area contributed by atoms with Crippen LogP contribution in [-0.4, -0.2) is 21.2 Å². The molecule has 108 valence electrons. The van der Waals surface area contributed by atoms with E-state index < -0.39 is 9.84 Å². The molecule has 0 aliphatic carbocycles. The van der Waals surface area contributed by atoms with E-state index in [2.05, 4.69) is 12.2 Å². The van der Waals surface area contributed by atoms with E-state index in [1.165, 1.54) is 38.4 Å². The van der Waals surface area contributed by atoms with Crippen molar-refractivity contribution in [3.63, 3.8) is 0 Å². The van der Waals surface area contributed by atoms with Gasteiger partial charge < -0.3 is 5.32 Å². The molecule has 4 heteroatoms. The van der Waals surface area contributed by atoms with Gasteiger partial charge in [-0.05, 0) is 18.6 Å². The number of benzene rings is 1. The average Bonchev–Trinajstić information content (AvgIpc) is 2.37. The zero-order valence-electron chi connectivity index (χ0n) is 12.0. The van der Waals surface area contributed by atoms with Crippen molar-refractivity contribution >= 4 is 15.5 Å². The Hall–Kier alpha value is -1.03. The number of nitrogens with one attached hydrogen (secondary N) is 1. The summed E-state index contributed by atoms with van der Waals surface area (Å²) in [5.41, 5.74) is 0.721. The second-order valence-corrected chi connectivity index (χ2v) is 6.95. The fourth-order valence-corrected chi connectivity index (χ4v) is 2.93. The molecule has 0 saturated heterocycles. The zero-order chi connectivity index (χ0) is 14.1. The number of unbranched alkanes of at least 4 members (excludes halogenated alkanes) is 5. The van der Waals surface area contributed by atoms with Crippen LogP contribution in [0.15, 0.2) is 29.2 Å². The quantitative estimate of drug-likeness (QED) is 0.700. The van der Waals surface area contributed by atoms with Crippen LogP contribution < -0.4 is 5.32 Å². The van der Waals surface area contributed by atoms with Gasteiger partial charge in [0.2, 0.25) is 0 Å². The van der Waals surface area contributed by atoms with Gasteiger partial charge in [0.05, 0.1) is 10.6 Å². The Balaban J connectivity index is 2.38. The van der Waals surface area contributed by atoms with Gasteiger partial charge >= 0.3 is 0 Å². The van der Waals surface area contributed by atoms with Gasteiger partial charge in [-0.2, -0.15) is 0 Å². The van der Waals surface area contributed by atoms with Gasteiger partial charge in [0.15, 0.2) is 9.84 Å². The van der Waals surface area contributed by atoms with Crippen LogP contribution in [0.2, 0.25) is 0 Å². The first-order valence-electron chi connectivity index (χ1n) is 7.08. The molecule has 1 aromatic rings. The van der Waals surface area contributed by atoms with Gasteiger partial charge in [-0.25, -0.2) is 8.42 Å². The third-order valence-corrected chi connectivity index (χ3v) is 4.29. The number of anilines is 1. The lowest BCUT2D eigenvalue weighted by molar-refractivity contribution is 0.601. The van der Waals surface area contributed by atoms with Crippen molar-refractivity contribution in [2.75, 3.05) is 18.1 Å². The zero-order valence-corrected chi connectivity index (χ0v) is 12.8. The van der Waals surface area contributed by atoms with E-state index in [4.69, 9.17) is 0 Å². The molecular weight excluding hydrogens is 258 g/mol. The molecule has 0 aliphatic rings. The summed E-state index contributed by atoms with van der Waals surface area (Å²) in [6.45, 7) is 3.04. The highest BCUT2D eigenvalue weighted by Gasteiger charge is 2.11. The lowest BCUT2D eigenvalue weighted by atomic mass is 10.1. The van der Waals surface area contributed by atoms with Gasteiger partial charge in [0.25, 0.3) is 0 Å². The van der Waals surface area contributed by atoms with Crippen LogP contribution >= 0.6 is 0 Å². The molecule has 19 heavy (non-hydrogen) atoms. The van der Waals surface area contributed by atoms with Crippen LogP contribution in [-0.2, 0) is 9.84 Å². The summed E-state index contributed by atoms with van der Waals surface area (Å²) in [4.78, 5) is 0.390. The van der Waals surface area contributed by atoms with Crippen molar-refractivity contribution in [2.24, 2.45) is 0 Å². The molecule has 0 fully saturated rings. The molecule has 0 atom stereocenters. The topological polar surface area (TPSA) is 46.2 Å². The number of rotatable bonds is 9. The van der Waals surface area contributed by atoms with Crippen molar-refractivity contribution in [1.82, 2.24) is 0 Å². The summed E-state index contributed by atoms with van der Waals surface area (Å²) in [5, 5.41) is 3.23. The molecule has 0 amide bonds. The first kappa shape index (κ1) is 16.0. The third-order valence-electron chi connectivity index (χ3n) is 3.13. The number of para-hydroxylation sites is 1. The predicted molar refractivity (Wildman–Crippen MR) is 81.4 cm³/mol. The normalized spacial score (nSPS) is 11.5. The van der Waals surface area contributed by atoms with Crippen LogP contribution in [0.5, 0.6) is 0 Å². The molecule has 0 heterocycles. The molecule has 1 rings (SSSR count). The van der Waals surface area contributed by atoms with E-state index in [0.717, 1.165) is 18.7 Å². The van der Waals surface area contributed by atoms with Gasteiger partial charge in [0, 0.05) is 12.8 Å². The van der Waals surface area contributed by atoms with E-state index in [-0.39, 0.29) is 0 Å². The van der Waals surface area contributed by atoms with Gasteiger partial charge in [-0.15, -0.1) is 0 Å². The number of hydrogen-bond acceptors (Lipinski definition) is 3. The largest absolute Gasteiger partial charge is 0.384 e. The number of sulfone groups is 1. The van der Waals surface area contributed by atoms with Gasteiger partial charge in [-0.3, -0.25) is 0 Å². The minimum absolute atomic E-state index is 0.390. The summed E-state index contributed by atoms with van der Waals surface area (Å²) in [6, 6.07) is 7.09. The highest BCUT2D eigenvalue weighted by atomic mass is 32.2. The van der Waals surface area contributed by atoms with Crippen molar-refractivity contribution in [3.8, 4) is 0 Å². The fourth-order valence-electron chi connectivity index (χ4n) is 2.06. The highest BCUT2D eigenvalue weighted by Crippen LogP contribution is 2.20. The van der Waals surface area contributed by atoms with E-state index in [1.807, 2.05) is 12.1 Å². The summed E-state index contributed by atoms with van der Waals surface area (Å²) >= 11 is 0. The molecular formula is C15H25NO2S. The van der Waals surface area contributed by atoms with Crippen molar-refractivity contribution in [3.05, 3.63) is 24.3 Å². The summed E-state index contributed by atoms with van der Waals surface area (Å²) in [7, 11) is -3.15. The van der Waals surface area contributed by atoms with Crippen molar-refractivity contribution in [2.45, 2.75) is 50.3 Å². The standard InChI is InChI=1S/C15H25NO2S/c1-3-4-5-6-7-10-13-16-14-11-8-9-12-15(14)19(2,17)18/h8-9,11-12,16H,3-7,10,13H2,1-2H3. The summed E-state index contributed by atoms with van der Waals surface area (Å²) < 4.78 is 23.2. The maximum atomic E-state index is 11.6. The minimum Gasteiger partial charge on any atom is -0.384 e. The molecule has 0 aliphatic heterocycles. The van der Waals surface area contributed by atoms with Crippen molar-refractivity contribution in [1.29, 1.82) is 0 Å². The lowest BCUT2D eigenvalue weighted by Crippen LogP contribution is -2.07. The molecule has 0 bridgehead atoms. The smallest absolute Gasteiger partial charge is 0.177 e. The molecule has 0 saturated carbocycles. The highest BCUT2D eigenvalue weighted by molar-refractivity contribution is 7.90. The Morgan fingerprint density at radius 3 is 2.32 bits per heavy atom. The lowest BCUT2D eigenvalue weighted by Gasteiger charge is -2.10. The molecule has 3 nitrogen and oxygen atoms in total. The van der Waals surface area contributed by atoms with Gasteiger partial charge in [-0.1, -0.05) is 51.2 Å². The first-order valence-corrected chi connectivity index (χ1v) is 8.98. The molecule has 0 spiro atoms. The van der Waals surface area contributed by atoms with Crippen molar-refractivity contribution < 1.29 is 8.42 Å². The molecule has 0 radical (unpaired) electrons. The maximum Gasteiger partial charge on any atom is 0.177 e. The second-order valence-electron chi connectivity index (χ2n) is 4.96. The number of hydrogen-bond donors (Lipinski definition) is 1. The third kappa shape index (κ3) is 6.10. The second kappa shape index (κ2) is 8.20. The maximum absolute atomic E-state index is 11.6. The Labute approximate surface area is 117 Å². The first-order chi connectivity index (χ1) is 9.05. The molecule has 0 aromatic heterocycles. The summed E-state index contributed by atoms with van der Waals surface area (Å²) in [5.74, 6) is 0. The van der Waals surface area contributed by atoms with Gasteiger partial charge in [0.1, 0.15) is 0 Å². The van der Waals surface area contributed by atoms with E-state index in [0.29, 0.717) is 4.90 Å². The Morgan fingerprint density at radius 1 is 1.00 bits per heavy atom. The Morgan fingerprint density at radius 2 is 1.63 bits per heavy atom. The van der Waals surface area contributed by atoms with Crippen LogP contribution in [0.4, 0.5) is 5.69 Å². The van der Waals surface area contributed by atoms with E-state index >= 15 is 0 Å². The van der Waals surface area contributed by atoms with Crippen LogP contribution in [0.3, 0.4) is 0 Å². The molecule has 1 aromatic carbocycles. The van der Waals surface area contributed by atoms with Crippen LogP contribution in [0, 0.1) is 0 Å². The minimum atomic E-state index is -3.15. The SMILES string of the molecule is CCCCCCCCNc1ccccc1S(C)(=O)=O. The Bertz CT molecular complexity index is 469. The fraction of sp³-hybridized carbons (Fsp3) is 0.600. The van der Waals surface area contributed by atoms with E-state index in [9.17, 15) is 8.42 Å². The van der Waals surface area contributed by atoms with Crippen LogP contribution in [0.25, 0.3) is 0 Å². The molecule has 1 N–H and O–H groups in total. The average molecular weight is 283 g/mol. The van der Waals surface area contributed by atoms with E-state index in [1.54, 1.807) is 12.1 Å².